The molecule has 1 saturated carbocycles. The minimum absolute atomic E-state index is 0.0972. The first kappa shape index (κ1) is 20.5. The number of hydrogen-bond donors (Lipinski definition) is 1. The molecule has 2 fully saturated rings. The molecule has 1 amide bonds. The molecule has 0 bridgehead atoms. The quantitative estimate of drug-likeness (QED) is 0.682. The number of nitrogens with zero attached hydrogens (tertiary/aromatic N) is 1. The number of aromatic nitrogens is 1. The Morgan fingerprint density at radius 3 is 2.48 bits per heavy atom. The Labute approximate surface area is 175 Å². The molecule has 0 spiro atoms. The standard InChI is InChI=1S/C21H26N2O4S2/c24-20(23-21-22-9-12-28-21)19(13-15-7-10-27-11-8-15)17-3-5-18(6-4-17)29(25,26)14-16-1-2-16/h3-6,9,12,15-16,19H,1-2,7-8,10-11,13-14H2,(H,22,23,24). The number of rotatable bonds is 8. The highest BCUT2D eigenvalue weighted by Gasteiger charge is 2.30. The van der Waals surface area contributed by atoms with E-state index in [9.17, 15) is 13.2 Å². The van der Waals surface area contributed by atoms with Crippen LogP contribution in [0.4, 0.5) is 5.13 Å². The SMILES string of the molecule is O=C(Nc1nccs1)C(CC1CCOCC1)c1ccc(S(=O)(=O)CC2CC2)cc1. The number of hydrogen-bond acceptors (Lipinski definition) is 6. The van der Waals surface area contributed by atoms with Gasteiger partial charge in [-0.2, -0.15) is 0 Å². The minimum atomic E-state index is -3.25. The lowest BCUT2D eigenvalue weighted by Crippen LogP contribution is -2.26. The number of carbonyl (C=O) groups is 1. The van der Waals surface area contributed by atoms with Crippen LogP contribution in [0.3, 0.4) is 0 Å². The van der Waals surface area contributed by atoms with Crippen molar-refractivity contribution in [2.75, 3.05) is 24.3 Å². The minimum Gasteiger partial charge on any atom is -0.381 e. The van der Waals surface area contributed by atoms with E-state index in [0.717, 1.165) is 50.9 Å². The molecule has 1 aromatic heterocycles. The predicted molar refractivity (Wildman–Crippen MR) is 113 cm³/mol. The van der Waals surface area contributed by atoms with Gasteiger partial charge in [0.2, 0.25) is 5.91 Å². The highest BCUT2D eigenvalue weighted by atomic mass is 32.2. The highest BCUT2D eigenvalue weighted by molar-refractivity contribution is 7.91. The molecule has 6 nitrogen and oxygen atoms in total. The van der Waals surface area contributed by atoms with Crippen LogP contribution < -0.4 is 5.32 Å². The monoisotopic (exact) mass is 434 g/mol. The Balaban J connectivity index is 1.53. The lowest BCUT2D eigenvalue weighted by Gasteiger charge is -2.26. The molecule has 1 aliphatic heterocycles. The Hall–Kier alpha value is -1.77. The fourth-order valence-electron chi connectivity index (χ4n) is 3.79. The first-order valence-corrected chi connectivity index (χ1v) is 12.7. The molecule has 1 N–H and O–H groups in total. The van der Waals surface area contributed by atoms with Crippen molar-refractivity contribution in [3.05, 3.63) is 41.4 Å². The van der Waals surface area contributed by atoms with Gasteiger partial charge in [-0.05, 0) is 61.6 Å². The zero-order chi connectivity index (χ0) is 20.3. The molecule has 4 rings (SSSR count). The highest BCUT2D eigenvalue weighted by Crippen LogP contribution is 2.34. The van der Waals surface area contributed by atoms with Crippen LogP contribution in [0, 0.1) is 11.8 Å². The molecule has 2 aromatic rings. The molecular weight excluding hydrogens is 408 g/mol. The second kappa shape index (κ2) is 8.93. The summed E-state index contributed by atoms with van der Waals surface area (Å²) in [5.41, 5.74) is 0.843. The number of carbonyl (C=O) groups excluding carboxylic acids is 1. The lowest BCUT2D eigenvalue weighted by molar-refractivity contribution is -0.118. The number of thiazole rings is 1. The van der Waals surface area contributed by atoms with E-state index in [0.29, 0.717) is 21.9 Å². The van der Waals surface area contributed by atoms with Crippen LogP contribution in [0.15, 0.2) is 40.7 Å². The summed E-state index contributed by atoms with van der Waals surface area (Å²) < 4.78 is 30.5. The van der Waals surface area contributed by atoms with Gasteiger partial charge in [0.1, 0.15) is 0 Å². The predicted octanol–water partition coefficient (Wildman–Crippen LogP) is 3.87. The van der Waals surface area contributed by atoms with Gasteiger partial charge < -0.3 is 10.1 Å². The van der Waals surface area contributed by atoms with E-state index in [4.69, 9.17) is 4.74 Å². The van der Waals surface area contributed by atoms with Crippen molar-refractivity contribution in [3.8, 4) is 0 Å². The van der Waals surface area contributed by atoms with E-state index >= 15 is 0 Å². The first-order valence-electron chi connectivity index (χ1n) is 10.1. The molecule has 1 saturated heterocycles. The number of anilines is 1. The van der Waals surface area contributed by atoms with Crippen molar-refractivity contribution in [3.63, 3.8) is 0 Å². The summed E-state index contributed by atoms with van der Waals surface area (Å²) in [5.74, 6) is 0.504. The van der Waals surface area contributed by atoms with Gasteiger partial charge in [0.05, 0.1) is 16.6 Å². The molecule has 2 aliphatic rings. The zero-order valence-corrected chi connectivity index (χ0v) is 17.9. The summed E-state index contributed by atoms with van der Waals surface area (Å²) in [6.07, 6.45) is 6.26. The molecule has 1 aromatic carbocycles. The first-order chi connectivity index (χ1) is 14.0. The Kier molecular flexibility index (Phi) is 6.32. The van der Waals surface area contributed by atoms with Crippen molar-refractivity contribution >= 4 is 32.2 Å². The number of nitrogens with one attached hydrogen (secondary N) is 1. The van der Waals surface area contributed by atoms with E-state index in [1.807, 2.05) is 5.38 Å². The van der Waals surface area contributed by atoms with E-state index in [1.165, 1.54) is 11.3 Å². The maximum absolute atomic E-state index is 13.0. The summed E-state index contributed by atoms with van der Waals surface area (Å²) in [7, 11) is -3.25. The van der Waals surface area contributed by atoms with Crippen LogP contribution in [0.2, 0.25) is 0 Å². The number of ether oxygens (including phenoxy) is 1. The summed E-state index contributed by atoms with van der Waals surface area (Å²) in [6.45, 7) is 1.45. The Morgan fingerprint density at radius 1 is 1.14 bits per heavy atom. The lowest BCUT2D eigenvalue weighted by atomic mass is 9.84. The molecule has 1 aliphatic carbocycles. The van der Waals surface area contributed by atoms with Crippen LogP contribution in [-0.4, -0.2) is 38.3 Å². The average Bonchev–Trinajstić information content (AvgIpc) is 3.37. The molecule has 29 heavy (non-hydrogen) atoms. The maximum atomic E-state index is 13.0. The molecule has 156 valence electrons. The molecule has 2 heterocycles. The van der Waals surface area contributed by atoms with E-state index in [2.05, 4.69) is 10.3 Å². The van der Waals surface area contributed by atoms with E-state index < -0.39 is 9.84 Å². The Bertz CT molecular complexity index is 916. The second-order valence-electron chi connectivity index (χ2n) is 7.96. The van der Waals surface area contributed by atoms with Crippen molar-refractivity contribution < 1.29 is 17.9 Å². The third-order valence-electron chi connectivity index (χ3n) is 5.68. The third-order valence-corrected chi connectivity index (χ3v) is 8.27. The fraction of sp³-hybridized carbons (Fsp3) is 0.524. The van der Waals surface area contributed by atoms with E-state index in [-0.39, 0.29) is 17.6 Å². The topological polar surface area (TPSA) is 85.4 Å². The summed E-state index contributed by atoms with van der Waals surface area (Å²) in [5, 5.41) is 5.31. The number of amides is 1. The fourth-order valence-corrected chi connectivity index (χ4v) is 6.02. The van der Waals surface area contributed by atoms with Gasteiger partial charge in [0.25, 0.3) is 0 Å². The van der Waals surface area contributed by atoms with Gasteiger partial charge in [-0.15, -0.1) is 11.3 Å². The van der Waals surface area contributed by atoms with Gasteiger partial charge in [0.15, 0.2) is 15.0 Å². The van der Waals surface area contributed by atoms with Crippen LogP contribution >= 0.6 is 11.3 Å². The third kappa shape index (κ3) is 5.43. The number of benzene rings is 1. The van der Waals surface area contributed by atoms with Crippen molar-refractivity contribution in [1.82, 2.24) is 4.98 Å². The van der Waals surface area contributed by atoms with Gasteiger partial charge in [-0.3, -0.25) is 4.79 Å². The summed E-state index contributed by atoms with van der Waals surface area (Å²) in [4.78, 5) is 17.5. The number of sulfone groups is 1. The Morgan fingerprint density at radius 2 is 1.86 bits per heavy atom. The van der Waals surface area contributed by atoms with E-state index in [1.54, 1.807) is 30.5 Å². The van der Waals surface area contributed by atoms with Crippen LogP contribution in [0.25, 0.3) is 0 Å². The summed E-state index contributed by atoms with van der Waals surface area (Å²) in [6, 6.07) is 6.90. The van der Waals surface area contributed by atoms with Gasteiger partial charge in [-0.25, -0.2) is 13.4 Å². The largest absolute Gasteiger partial charge is 0.381 e. The molecule has 8 heteroatoms. The summed E-state index contributed by atoms with van der Waals surface area (Å²) >= 11 is 1.38. The van der Waals surface area contributed by atoms with Crippen LogP contribution in [0.1, 0.15) is 43.6 Å². The van der Waals surface area contributed by atoms with Gasteiger partial charge in [-0.1, -0.05) is 12.1 Å². The molecule has 1 unspecified atom stereocenters. The molecule has 1 atom stereocenters. The second-order valence-corrected chi connectivity index (χ2v) is 10.9. The molecule has 0 radical (unpaired) electrons. The van der Waals surface area contributed by atoms with Crippen molar-refractivity contribution in [2.45, 2.75) is 42.9 Å². The smallest absolute Gasteiger partial charge is 0.233 e. The van der Waals surface area contributed by atoms with Crippen LogP contribution in [-0.2, 0) is 19.4 Å². The van der Waals surface area contributed by atoms with Crippen molar-refractivity contribution in [2.24, 2.45) is 11.8 Å². The van der Waals surface area contributed by atoms with Gasteiger partial charge in [0, 0.05) is 24.8 Å². The average molecular weight is 435 g/mol. The normalized spacial score (nSPS) is 19.0. The van der Waals surface area contributed by atoms with Crippen LogP contribution in [0.5, 0.6) is 0 Å². The zero-order valence-electron chi connectivity index (χ0n) is 16.2. The van der Waals surface area contributed by atoms with Gasteiger partial charge >= 0.3 is 0 Å². The maximum Gasteiger partial charge on any atom is 0.233 e. The van der Waals surface area contributed by atoms with Crippen molar-refractivity contribution in [1.29, 1.82) is 0 Å². The molecular formula is C21H26N2O4S2.